The van der Waals surface area contributed by atoms with Gasteiger partial charge < -0.3 is 5.32 Å². The minimum Gasteiger partial charge on any atom is -0.326 e. The minimum atomic E-state index is -3.40. The molecule has 0 bridgehead atoms. The van der Waals surface area contributed by atoms with Crippen LogP contribution >= 0.6 is 0 Å². The Morgan fingerprint density at radius 1 is 1.09 bits per heavy atom. The molecule has 2 aromatic carbocycles. The van der Waals surface area contributed by atoms with Crippen LogP contribution in [0.25, 0.3) is 11.1 Å². The zero-order valence-electron chi connectivity index (χ0n) is 12.7. The fourth-order valence-electron chi connectivity index (χ4n) is 2.21. The fraction of sp³-hybridized carbons (Fsp3) is 0.235. The van der Waals surface area contributed by atoms with Gasteiger partial charge in [0, 0.05) is 23.9 Å². The number of anilines is 1. The maximum atomic E-state index is 12.1. The van der Waals surface area contributed by atoms with E-state index in [2.05, 4.69) is 5.32 Å². The number of carbonyl (C=O) groups excluding carboxylic acids is 1. The smallest absolute Gasteiger partial charge is 0.224 e. The Balaban J connectivity index is 2.47. The van der Waals surface area contributed by atoms with Gasteiger partial charge in [0.15, 0.2) is 9.84 Å². The first-order chi connectivity index (χ1) is 10.4. The molecule has 0 aliphatic rings. The Labute approximate surface area is 131 Å². The van der Waals surface area contributed by atoms with E-state index in [0.29, 0.717) is 17.7 Å². The summed E-state index contributed by atoms with van der Waals surface area (Å²) in [5.41, 5.74) is 1.96. The Kier molecular flexibility index (Phi) is 4.98. The summed E-state index contributed by atoms with van der Waals surface area (Å²) in [5.74, 6) is -0.116. The highest BCUT2D eigenvalue weighted by atomic mass is 32.2. The Morgan fingerprint density at radius 2 is 1.77 bits per heavy atom. The molecule has 1 N–H and O–H groups in total. The van der Waals surface area contributed by atoms with Gasteiger partial charge in [-0.2, -0.15) is 0 Å². The van der Waals surface area contributed by atoms with Crippen LogP contribution in [0, 0.1) is 0 Å². The number of sulfone groups is 1. The van der Waals surface area contributed by atoms with Crippen LogP contribution in [0.2, 0.25) is 0 Å². The molecule has 0 aliphatic heterocycles. The average Bonchev–Trinajstić information content (AvgIpc) is 2.47. The standard InChI is InChI=1S/C17H19NO3S/c1-3-7-17(19)18-14-10-11-15(13-8-5-4-6-9-13)16(12-14)22(2,20)21/h4-6,8-12H,3,7H2,1-2H3,(H,18,19). The Hall–Kier alpha value is -2.14. The molecule has 0 saturated carbocycles. The van der Waals surface area contributed by atoms with E-state index in [1.807, 2.05) is 37.3 Å². The van der Waals surface area contributed by atoms with Gasteiger partial charge in [-0.05, 0) is 24.1 Å². The average molecular weight is 317 g/mol. The van der Waals surface area contributed by atoms with E-state index in [9.17, 15) is 13.2 Å². The lowest BCUT2D eigenvalue weighted by Gasteiger charge is -2.11. The maximum Gasteiger partial charge on any atom is 0.224 e. The molecule has 0 radical (unpaired) electrons. The molecule has 0 saturated heterocycles. The molecule has 22 heavy (non-hydrogen) atoms. The van der Waals surface area contributed by atoms with Gasteiger partial charge in [-0.25, -0.2) is 8.42 Å². The summed E-state index contributed by atoms with van der Waals surface area (Å²) in [6, 6.07) is 14.3. The molecule has 4 nitrogen and oxygen atoms in total. The monoisotopic (exact) mass is 317 g/mol. The lowest BCUT2D eigenvalue weighted by atomic mass is 10.1. The number of nitrogens with one attached hydrogen (secondary N) is 1. The molecule has 0 aromatic heterocycles. The van der Waals surface area contributed by atoms with E-state index in [1.165, 1.54) is 12.3 Å². The highest BCUT2D eigenvalue weighted by molar-refractivity contribution is 7.90. The van der Waals surface area contributed by atoms with Crippen LogP contribution in [0.1, 0.15) is 19.8 Å². The van der Waals surface area contributed by atoms with E-state index in [-0.39, 0.29) is 10.8 Å². The summed E-state index contributed by atoms with van der Waals surface area (Å²) in [6.45, 7) is 1.92. The number of amides is 1. The Morgan fingerprint density at radius 3 is 2.36 bits per heavy atom. The first-order valence-electron chi connectivity index (χ1n) is 7.11. The predicted molar refractivity (Wildman–Crippen MR) is 88.5 cm³/mol. The third kappa shape index (κ3) is 3.95. The zero-order valence-corrected chi connectivity index (χ0v) is 13.5. The van der Waals surface area contributed by atoms with Crippen molar-refractivity contribution in [3.05, 3.63) is 48.5 Å². The number of carbonyl (C=O) groups is 1. The van der Waals surface area contributed by atoms with Crippen LogP contribution in [0.4, 0.5) is 5.69 Å². The molecule has 0 atom stereocenters. The summed E-state index contributed by atoms with van der Waals surface area (Å²) < 4.78 is 24.2. The zero-order chi connectivity index (χ0) is 16.2. The van der Waals surface area contributed by atoms with E-state index in [1.54, 1.807) is 12.1 Å². The third-order valence-corrected chi connectivity index (χ3v) is 4.36. The number of benzene rings is 2. The van der Waals surface area contributed by atoms with Gasteiger partial charge in [-0.1, -0.05) is 43.3 Å². The van der Waals surface area contributed by atoms with Gasteiger partial charge in [-0.3, -0.25) is 4.79 Å². The molecule has 116 valence electrons. The minimum absolute atomic E-state index is 0.116. The topological polar surface area (TPSA) is 63.2 Å². The van der Waals surface area contributed by atoms with Gasteiger partial charge in [0.25, 0.3) is 0 Å². The molecular weight excluding hydrogens is 298 g/mol. The van der Waals surface area contributed by atoms with Crippen LogP contribution in [-0.4, -0.2) is 20.6 Å². The normalized spacial score (nSPS) is 11.2. The Bertz CT molecular complexity index is 768. The van der Waals surface area contributed by atoms with Crippen LogP contribution in [0.3, 0.4) is 0 Å². The highest BCUT2D eigenvalue weighted by Crippen LogP contribution is 2.30. The molecule has 0 heterocycles. The first kappa shape index (κ1) is 16.2. The van der Waals surface area contributed by atoms with E-state index >= 15 is 0 Å². The second-order valence-corrected chi connectivity index (χ2v) is 7.13. The summed E-state index contributed by atoms with van der Waals surface area (Å²) in [6.07, 6.45) is 2.33. The van der Waals surface area contributed by atoms with Crippen LogP contribution in [-0.2, 0) is 14.6 Å². The molecule has 0 aliphatic carbocycles. The van der Waals surface area contributed by atoms with Gasteiger partial charge >= 0.3 is 0 Å². The molecule has 2 rings (SSSR count). The van der Waals surface area contributed by atoms with E-state index < -0.39 is 9.84 Å². The van der Waals surface area contributed by atoms with Crippen molar-refractivity contribution in [2.75, 3.05) is 11.6 Å². The summed E-state index contributed by atoms with van der Waals surface area (Å²) in [7, 11) is -3.40. The molecular formula is C17H19NO3S. The van der Waals surface area contributed by atoms with Crippen molar-refractivity contribution in [1.29, 1.82) is 0 Å². The largest absolute Gasteiger partial charge is 0.326 e. The molecule has 5 heteroatoms. The summed E-state index contributed by atoms with van der Waals surface area (Å²) in [5, 5.41) is 2.73. The quantitative estimate of drug-likeness (QED) is 0.918. The van der Waals surface area contributed by atoms with Crippen molar-refractivity contribution >= 4 is 21.4 Å². The van der Waals surface area contributed by atoms with Crippen molar-refractivity contribution in [2.45, 2.75) is 24.7 Å². The van der Waals surface area contributed by atoms with E-state index in [4.69, 9.17) is 0 Å². The molecule has 0 unspecified atom stereocenters. The molecule has 0 fully saturated rings. The van der Waals surface area contributed by atoms with Gasteiger partial charge in [0.1, 0.15) is 0 Å². The van der Waals surface area contributed by atoms with Gasteiger partial charge in [0.2, 0.25) is 5.91 Å². The summed E-state index contributed by atoms with van der Waals surface area (Å²) in [4.78, 5) is 11.9. The van der Waals surface area contributed by atoms with Gasteiger partial charge in [0.05, 0.1) is 4.90 Å². The van der Waals surface area contributed by atoms with Crippen LogP contribution in [0.15, 0.2) is 53.4 Å². The molecule has 1 amide bonds. The van der Waals surface area contributed by atoms with E-state index in [0.717, 1.165) is 12.0 Å². The second-order valence-electron chi connectivity index (χ2n) is 5.15. The second kappa shape index (κ2) is 6.75. The van der Waals surface area contributed by atoms with Crippen LogP contribution in [0.5, 0.6) is 0 Å². The van der Waals surface area contributed by atoms with Gasteiger partial charge in [-0.15, -0.1) is 0 Å². The fourth-order valence-corrected chi connectivity index (χ4v) is 3.14. The first-order valence-corrected chi connectivity index (χ1v) is 9.00. The lowest BCUT2D eigenvalue weighted by molar-refractivity contribution is -0.116. The molecule has 0 spiro atoms. The third-order valence-electron chi connectivity index (χ3n) is 3.23. The van der Waals surface area contributed by atoms with Crippen molar-refractivity contribution in [1.82, 2.24) is 0 Å². The lowest BCUT2D eigenvalue weighted by Crippen LogP contribution is -2.11. The van der Waals surface area contributed by atoms with Crippen molar-refractivity contribution < 1.29 is 13.2 Å². The van der Waals surface area contributed by atoms with Crippen LogP contribution < -0.4 is 5.32 Å². The SMILES string of the molecule is CCCC(=O)Nc1ccc(-c2ccccc2)c(S(C)(=O)=O)c1. The van der Waals surface area contributed by atoms with Crippen molar-refractivity contribution in [3.8, 4) is 11.1 Å². The summed E-state index contributed by atoms with van der Waals surface area (Å²) >= 11 is 0. The number of rotatable bonds is 5. The maximum absolute atomic E-state index is 12.1. The highest BCUT2D eigenvalue weighted by Gasteiger charge is 2.16. The van der Waals surface area contributed by atoms with Crippen molar-refractivity contribution in [2.24, 2.45) is 0 Å². The predicted octanol–water partition coefficient (Wildman–Crippen LogP) is 3.50. The molecule has 2 aromatic rings. The van der Waals surface area contributed by atoms with Crippen molar-refractivity contribution in [3.63, 3.8) is 0 Å². The number of hydrogen-bond acceptors (Lipinski definition) is 3. The number of hydrogen-bond donors (Lipinski definition) is 1.